The van der Waals surface area contributed by atoms with Crippen molar-refractivity contribution >= 4 is 23.5 Å². The zero-order valence-electron chi connectivity index (χ0n) is 27.1. The van der Waals surface area contributed by atoms with Gasteiger partial charge < -0.3 is 14.2 Å². The molecule has 1 unspecified atom stereocenters. The number of hydrogen-bond acceptors (Lipinski definition) is 9. The molecule has 0 N–H and O–H groups in total. The van der Waals surface area contributed by atoms with Crippen molar-refractivity contribution in [1.29, 1.82) is 0 Å². The smallest absolute Gasteiger partial charge is 0.345 e. The number of anilines is 1. The van der Waals surface area contributed by atoms with E-state index in [0.717, 1.165) is 32.9 Å². The summed E-state index contributed by atoms with van der Waals surface area (Å²) in [5.74, 6) is 0.394. The van der Waals surface area contributed by atoms with Gasteiger partial charge in [-0.25, -0.2) is 9.69 Å². The Morgan fingerprint density at radius 2 is 1.33 bits per heavy atom. The third kappa shape index (κ3) is 6.50. The first-order valence-corrected chi connectivity index (χ1v) is 15.5. The number of carbonyl (C=O) groups excluding carboxylic acids is 3. The molecule has 10 heteroatoms. The monoisotopic (exact) mass is 642 g/mol. The Labute approximate surface area is 278 Å². The van der Waals surface area contributed by atoms with Crippen molar-refractivity contribution in [2.24, 2.45) is 0 Å². The Kier molecular flexibility index (Phi) is 8.98. The van der Waals surface area contributed by atoms with E-state index in [1.807, 2.05) is 27.7 Å². The highest BCUT2D eigenvalue weighted by Crippen LogP contribution is 2.44. The molecule has 0 saturated carbocycles. The highest BCUT2D eigenvalue weighted by atomic mass is 16.5. The highest BCUT2D eigenvalue weighted by Gasteiger charge is 2.36. The maximum atomic E-state index is 13.5. The number of nitrogens with zero attached hydrogens (tertiary/aromatic N) is 4. The minimum Gasteiger partial charge on any atom is -0.489 e. The van der Waals surface area contributed by atoms with Gasteiger partial charge >= 0.3 is 5.97 Å². The van der Waals surface area contributed by atoms with Crippen LogP contribution in [0.2, 0.25) is 0 Å². The molecule has 0 spiro atoms. The third-order valence-corrected chi connectivity index (χ3v) is 8.52. The van der Waals surface area contributed by atoms with Gasteiger partial charge in [0.1, 0.15) is 29.5 Å². The molecular weight excluding hydrogens is 608 g/mol. The number of hydrogen-bond donors (Lipinski definition) is 0. The Hall–Kier alpha value is -5.90. The van der Waals surface area contributed by atoms with Gasteiger partial charge in [0.25, 0.3) is 11.8 Å². The summed E-state index contributed by atoms with van der Waals surface area (Å²) in [5.41, 5.74) is 4.28. The largest absolute Gasteiger partial charge is 0.489 e. The molecule has 6 rings (SSSR count). The lowest BCUT2D eigenvalue weighted by molar-refractivity contribution is 0.0166. The molecule has 3 aromatic heterocycles. The number of benzene rings is 2. The van der Waals surface area contributed by atoms with Gasteiger partial charge in [0, 0.05) is 42.7 Å². The maximum Gasteiger partial charge on any atom is 0.345 e. The van der Waals surface area contributed by atoms with Gasteiger partial charge in [-0.2, -0.15) is 0 Å². The van der Waals surface area contributed by atoms with Crippen LogP contribution < -0.4 is 19.1 Å². The van der Waals surface area contributed by atoms with E-state index in [9.17, 15) is 14.4 Å². The molecule has 2 aromatic carbocycles. The number of rotatable bonds is 8. The van der Waals surface area contributed by atoms with Crippen molar-refractivity contribution in [3.63, 3.8) is 0 Å². The quantitative estimate of drug-likeness (QED) is 0.104. The summed E-state index contributed by atoms with van der Waals surface area (Å²) in [6, 6.07) is 16.7. The van der Waals surface area contributed by atoms with Crippen molar-refractivity contribution in [2.75, 3.05) is 11.5 Å². The molecule has 48 heavy (non-hydrogen) atoms. The molecular formula is C38H34N4O6. The lowest BCUT2D eigenvalue weighted by Crippen LogP contribution is -2.42. The normalized spacial score (nSPS) is 15.1. The van der Waals surface area contributed by atoms with E-state index in [-0.39, 0.29) is 17.7 Å². The predicted molar refractivity (Wildman–Crippen MR) is 179 cm³/mol. The van der Waals surface area contributed by atoms with Crippen LogP contribution in [-0.2, 0) is 6.42 Å². The molecule has 1 aliphatic heterocycles. The van der Waals surface area contributed by atoms with Crippen LogP contribution in [-0.4, -0.2) is 44.9 Å². The van der Waals surface area contributed by atoms with Crippen LogP contribution in [0, 0.1) is 20.8 Å². The van der Waals surface area contributed by atoms with Gasteiger partial charge in [0.2, 0.25) is 0 Å². The summed E-state index contributed by atoms with van der Waals surface area (Å²) in [7, 11) is 0. The Balaban J connectivity index is 1.18. The van der Waals surface area contributed by atoms with Gasteiger partial charge in [-0.05, 0) is 118 Å². The second-order valence-electron chi connectivity index (χ2n) is 11.9. The number of imide groups is 1. The molecule has 0 saturated heterocycles. The molecule has 0 aliphatic carbocycles. The Morgan fingerprint density at radius 3 is 1.88 bits per heavy atom. The van der Waals surface area contributed by atoms with Crippen LogP contribution in [0.1, 0.15) is 66.7 Å². The van der Waals surface area contributed by atoms with E-state index in [2.05, 4.69) is 15.0 Å². The van der Waals surface area contributed by atoms with E-state index in [1.165, 1.54) is 18.6 Å². The van der Waals surface area contributed by atoms with Gasteiger partial charge in [-0.15, -0.1) is 0 Å². The van der Waals surface area contributed by atoms with E-state index in [1.54, 1.807) is 79.3 Å². The minimum atomic E-state index is -0.637. The average Bonchev–Trinajstić information content (AvgIpc) is 3.13. The fourth-order valence-electron chi connectivity index (χ4n) is 5.66. The first-order chi connectivity index (χ1) is 23.1. The van der Waals surface area contributed by atoms with Gasteiger partial charge in [0.05, 0.1) is 22.4 Å². The lowest BCUT2D eigenvalue weighted by atomic mass is 9.87. The second-order valence-corrected chi connectivity index (χ2v) is 11.9. The van der Waals surface area contributed by atoms with Gasteiger partial charge in [-0.1, -0.05) is 0 Å². The first kappa shape index (κ1) is 32.1. The number of amides is 2. The molecule has 1 atom stereocenters. The number of fused-ring (bicyclic) bond motifs is 1. The highest BCUT2D eigenvalue weighted by molar-refractivity contribution is 6.25. The van der Waals surface area contributed by atoms with Crippen LogP contribution in [0.25, 0.3) is 0 Å². The molecule has 0 bridgehead atoms. The lowest BCUT2D eigenvalue weighted by Gasteiger charge is -2.37. The minimum absolute atomic E-state index is 0.258. The Bertz CT molecular complexity index is 1920. The van der Waals surface area contributed by atoms with Gasteiger partial charge in [0.15, 0.2) is 0 Å². The van der Waals surface area contributed by atoms with Crippen LogP contribution in [0.15, 0.2) is 97.8 Å². The van der Waals surface area contributed by atoms with Crippen LogP contribution in [0.3, 0.4) is 0 Å². The Morgan fingerprint density at radius 1 is 0.771 bits per heavy atom. The number of aromatic nitrogens is 3. The van der Waals surface area contributed by atoms with Crippen LogP contribution >= 0.6 is 0 Å². The fourth-order valence-corrected chi connectivity index (χ4v) is 5.66. The average molecular weight is 643 g/mol. The number of ether oxygens (including phenoxy) is 3. The molecule has 5 aromatic rings. The molecule has 2 amide bonds. The molecule has 0 fully saturated rings. The number of esters is 1. The SMILES string of the molecule is Cc1c(C)c2c(c(C)c1OC(=O)c1cccnc1)CCC(C)(COc1ccc(N(C(=O)c3cccnc3)C(=O)c3cccnc3)cc1)O2. The third-order valence-electron chi connectivity index (χ3n) is 8.52. The molecule has 242 valence electrons. The second kappa shape index (κ2) is 13.4. The van der Waals surface area contributed by atoms with Crippen molar-refractivity contribution < 1.29 is 28.6 Å². The number of carbonyl (C=O) groups is 3. The van der Waals surface area contributed by atoms with E-state index in [0.29, 0.717) is 35.6 Å². The zero-order chi connectivity index (χ0) is 33.8. The fraction of sp³-hybridized carbons (Fsp3) is 0.211. The summed E-state index contributed by atoms with van der Waals surface area (Å²) in [6.07, 6.45) is 10.4. The van der Waals surface area contributed by atoms with Crippen molar-refractivity contribution in [3.8, 4) is 17.2 Å². The number of pyridine rings is 3. The van der Waals surface area contributed by atoms with Crippen LogP contribution in [0.5, 0.6) is 17.2 Å². The summed E-state index contributed by atoms with van der Waals surface area (Å²) >= 11 is 0. The summed E-state index contributed by atoms with van der Waals surface area (Å²) < 4.78 is 18.7. The van der Waals surface area contributed by atoms with Crippen molar-refractivity contribution in [3.05, 3.63) is 137 Å². The van der Waals surface area contributed by atoms with E-state index >= 15 is 0 Å². The summed E-state index contributed by atoms with van der Waals surface area (Å²) in [6.45, 7) is 8.09. The molecule has 0 radical (unpaired) electrons. The molecule has 10 nitrogen and oxygen atoms in total. The molecule has 1 aliphatic rings. The standard InChI is InChI=1S/C38H34N4O6/c1-24-25(2)34-32(26(3)33(24)47-37(45)29-10-7-19-41-22-29)15-16-38(4,48-34)23-46-31-13-11-30(12-14-31)42(35(43)27-8-5-17-39-20-27)36(44)28-9-6-18-40-21-28/h5-14,17-22H,15-16,23H2,1-4H3. The summed E-state index contributed by atoms with van der Waals surface area (Å²) in [5, 5.41) is 0. The zero-order valence-corrected chi connectivity index (χ0v) is 27.1. The predicted octanol–water partition coefficient (Wildman–Crippen LogP) is 6.67. The molecule has 4 heterocycles. The van der Waals surface area contributed by atoms with Crippen molar-refractivity contribution in [2.45, 2.75) is 46.1 Å². The van der Waals surface area contributed by atoms with E-state index in [4.69, 9.17) is 14.2 Å². The van der Waals surface area contributed by atoms with Crippen LogP contribution in [0.4, 0.5) is 5.69 Å². The first-order valence-electron chi connectivity index (χ1n) is 15.5. The van der Waals surface area contributed by atoms with E-state index < -0.39 is 23.4 Å². The van der Waals surface area contributed by atoms with Gasteiger partial charge in [-0.3, -0.25) is 24.5 Å². The maximum absolute atomic E-state index is 13.5. The topological polar surface area (TPSA) is 121 Å². The van der Waals surface area contributed by atoms with Crippen molar-refractivity contribution in [1.82, 2.24) is 15.0 Å². The summed E-state index contributed by atoms with van der Waals surface area (Å²) in [4.78, 5) is 53.0.